The molecule has 0 fully saturated rings. The Bertz CT molecular complexity index is 436. The highest BCUT2D eigenvalue weighted by atomic mass is 14.9. The van der Waals surface area contributed by atoms with Gasteiger partial charge < -0.3 is 5.32 Å². The van der Waals surface area contributed by atoms with E-state index in [2.05, 4.69) is 31.3 Å². The lowest BCUT2D eigenvalue weighted by atomic mass is 9.84. The minimum atomic E-state index is -0.0771. The summed E-state index contributed by atoms with van der Waals surface area (Å²) >= 11 is 0. The van der Waals surface area contributed by atoms with E-state index in [1.165, 1.54) is 5.56 Å². The van der Waals surface area contributed by atoms with Crippen molar-refractivity contribution < 1.29 is 0 Å². The van der Waals surface area contributed by atoms with E-state index in [1.54, 1.807) is 6.08 Å². The lowest BCUT2D eigenvalue weighted by molar-refractivity contribution is 0.654. The van der Waals surface area contributed by atoms with Crippen LogP contribution >= 0.6 is 0 Å². The van der Waals surface area contributed by atoms with Crippen molar-refractivity contribution in [2.75, 3.05) is 5.32 Å². The summed E-state index contributed by atoms with van der Waals surface area (Å²) in [5.41, 5.74) is 3.26. The van der Waals surface area contributed by atoms with Crippen LogP contribution in [0.2, 0.25) is 0 Å². The van der Waals surface area contributed by atoms with Crippen molar-refractivity contribution >= 4 is 5.69 Å². The SMILES string of the molecule is CC1(C)/C(=C/C#N)Nc2ccccc21. The molecule has 0 saturated carbocycles. The summed E-state index contributed by atoms with van der Waals surface area (Å²) in [7, 11) is 0. The number of nitriles is 1. The quantitative estimate of drug-likeness (QED) is 0.629. The van der Waals surface area contributed by atoms with Crippen molar-refractivity contribution in [3.05, 3.63) is 41.6 Å². The monoisotopic (exact) mass is 184 g/mol. The van der Waals surface area contributed by atoms with Crippen LogP contribution in [0.3, 0.4) is 0 Å². The summed E-state index contributed by atoms with van der Waals surface area (Å²) in [6.07, 6.45) is 1.58. The average Bonchev–Trinajstić information content (AvgIpc) is 2.41. The lowest BCUT2D eigenvalue weighted by Crippen LogP contribution is -2.16. The van der Waals surface area contributed by atoms with Crippen LogP contribution in [-0.2, 0) is 5.41 Å². The fourth-order valence-electron chi connectivity index (χ4n) is 1.86. The van der Waals surface area contributed by atoms with Crippen molar-refractivity contribution in [2.45, 2.75) is 19.3 Å². The highest BCUT2D eigenvalue weighted by molar-refractivity contribution is 5.68. The molecule has 1 heterocycles. The number of anilines is 1. The van der Waals surface area contributed by atoms with E-state index in [0.717, 1.165) is 11.4 Å². The van der Waals surface area contributed by atoms with Gasteiger partial charge in [0, 0.05) is 22.9 Å². The topological polar surface area (TPSA) is 35.8 Å². The predicted octanol–water partition coefficient (Wildman–Crippen LogP) is 2.80. The third-order valence-electron chi connectivity index (χ3n) is 2.75. The maximum Gasteiger partial charge on any atom is 0.0930 e. The Labute approximate surface area is 83.9 Å². The standard InChI is InChI=1S/C12H12N2/c1-12(2)9-5-3-4-6-10(9)14-11(12)7-8-13/h3-7,14H,1-2H3/b11-7-. The summed E-state index contributed by atoms with van der Waals surface area (Å²) < 4.78 is 0. The van der Waals surface area contributed by atoms with Gasteiger partial charge in [0.05, 0.1) is 6.07 Å². The molecular weight excluding hydrogens is 172 g/mol. The van der Waals surface area contributed by atoms with Crippen LogP contribution in [0.25, 0.3) is 0 Å². The van der Waals surface area contributed by atoms with Crippen LogP contribution in [0.5, 0.6) is 0 Å². The highest BCUT2D eigenvalue weighted by Gasteiger charge is 2.33. The number of allylic oxidation sites excluding steroid dienone is 2. The number of nitrogens with zero attached hydrogens (tertiary/aromatic N) is 1. The number of fused-ring (bicyclic) bond motifs is 1. The van der Waals surface area contributed by atoms with Gasteiger partial charge in [-0.05, 0) is 11.6 Å². The lowest BCUT2D eigenvalue weighted by Gasteiger charge is -2.19. The summed E-state index contributed by atoms with van der Waals surface area (Å²) in [5.74, 6) is 0. The van der Waals surface area contributed by atoms with E-state index < -0.39 is 0 Å². The number of rotatable bonds is 0. The van der Waals surface area contributed by atoms with Crippen molar-refractivity contribution in [3.63, 3.8) is 0 Å². The van der Waals surface area contributed by atoms with Gasteiger partial charge in [-0.1, -0.05) is 32.0 Å². The van der Waals surface area contributed by atoms with Crippen molar-refractivity contribution in [2.24, 2.45) is 0 Å². The first-order valence-corrected chi connectivity index (χ1v) is 4.63. The Kier molecular flexibility index (Phi) is 1.82. The first kappa shape index (κ1) is 8.83. The normalized spacial score (nSPS) is 19.9. The summed E-state index contributed by atoms with van der Waals surface area (Å²) in [6.45, 7) is 4.24. The van der Waals surface area contributed by atoms with Crippen LogP contribution in [0.15, 0.2) is 36.0 Å². The molecule has 0 atom stereocenters. The summed E-state index contributed by atoms with van der Waals surface area (Å²) in [4.78, 5) is 0. The van der Waals surface area contributed by atoms with E-state index in [-0.39, 0.29) is 5.41 Å². The fraction of sp³-hybridized carbons (Fsp3) is 0.250. The molecule has 0 saturated heterocycles. The Morgan fingerprint density at radius 1 is 1.36 bits per heavy atom. The molecule has 2 rings (SSSR count). The highest BCUT2D eigenvalue weighted by Crippen LogP contribution is 2.42. The largest absolute Gasteiger partial charge is 0.357 e. The van der Waals surface area contributed by atoms with E-state index in [1.807, 2.05) is 18.2 Å². The smallest absolute Gasteiger partial charge is 0.0930 e. The van der Waals surface area contributed by atoms with Crippen molar-refractivity contribution in [1.29, 1.82) is 5.26 Å². The van der Waals surface area contributed by atoms with Crippen LogP contribution in [0, 0.1) is 11.3 Å². The van der Waals surface area contributed by atoms with Crippen LogP contribution in [-0.4, -0.2) is 0 Å². The Hall–Kier alpha value is -1.75. The molecule has 0 radical (unpaired) electrons. The third kappa shape index (κ3) is 1.10. The molecule has 14 heavy (non-hydrogen) atoms. The Morgan fingerprint density at radius 3 is 2.71 bits per heavy atom. The van der Waals surface area contributed by atoms with Crippen LogP contribution in [0.4, 0.5) is 5.69 Å². The summed E-state index contributed by atoms with van der Waals surface area (Å²) in [6, 6.07) is 10.2. The molecule has 1 aromatic carbocycles. The molecule has 2 nitrogen and oxygen atoms in total. The van der Waals surface area contributed by atoms with E-state index in [4.69, 9.17) is 5.26 Å². The number of hydrogen-bond donors (Lipinski definition) is 1. The molecule has 0 aromatic heterocycles. The van der Waals surface area contributed by atoms with Gasteiger partial charge in [0.1, 0.15) is 0 Å². The Balaban J connectivity index is 2.57. The maximum atomic E-state index is 8.67. The molecule has 1 aromatic rings. The van der Waals surface area contributed by atoms with E-state index in [0.29, 0.717) is 0 Å². The minimum Gasteiger partial charge on any atom is -0.357 e. The van der Waals surface area contributed by atoms with Crippen LogP contribution < -0.4 is 5.32 Å². The number of benzene rings is 1. The van der Waals surface area contributed by atoms with Gasteiger partial charge in [-0.25, -0.2) is 0 Å². The molecule has 0 unspecified atom stereocenters. The van der Waals surface area contributed by atoms with Gasteiger partial charge in [0.25, 0.3) is 0 Å². The van der Waals surface area contributed by atoms with Gasteiger partial charge in [0.15, 0.2) is 0 Å². The molecule has 70 valence electrons. The summed E-state index contributed by atoms with van der Waals surface area (Å²) in [5, 5.41) is 11.9. The zero-order valence-corrected chi connectivity index (χ0v) is 8.33. The average molecular weight is 184 g/mol. The molecular formula is C12H12N2. The first-order chi connectivity index (χ1) is 6.66. The van der Waals surface area contributed by atoms with Crippen molar-refractivity contribution in [1.82, 2.24) is 0 Å². The predicted molar refractivity (Wildman–Crippen MR) is 56.8 cm³/mol. The zero-order valence-electron chi connectivity index (χ0n) is 8.33. The van der Waals surface area contributed by atoms with Gasteiger partial charge in [-0.2, -0.15) is 5.26 Å². The second-order valence-corrected chi connectivity index (χ2v) is 3.98. The minimum absolute atomic E-state index is 0.0771. The molecule has 0 spiro atoms. The zero-order chi connectivity index (χ0) is 10.2. The van der Waals surface area contributed by atoms with Crippen LogP contribution in [0.1, 0.15) is 19.4 Å². The molecule has 0 amide bonds. The number of para-hydroxylation sites is 1. The molecule has 1 N–H and O–H groups in total. The maximum absolute atomic E-state index is 8.67. The first-order valence-electron chi connectivity index (χ1n) is 4.63. The van der Waals surface area contributed by atoms with Crippen molar-refractivity contribution in [3.8, 4) is 6.07 Å². The van der Waals surface area contributed by atoms with Gasteiger partial charge in [-0.15, -0.1) is 0 Å². The van der Waals surface area contributed by atoms with Gasteiger partial charge in [0.2, 0.25) is 0 Å². The molecule has 2 heteroatoms. The number of nitrogens with one attached hydrogen (secondary N) is 1. The fourth-order valence-corrected chi connectivity index (χ4v) is 1.86. The second kappa shape index (κ2) is 2.88. The van der Waals surface area contributed by atoms with E-state index >= 15 is 0 Å². The van der Waals surface area contributed by atoms with E-state index in [9.17, 15) is 0 Å². The molecule has 1 aliphatic heterocycles. The number of hydrogen-bond acceptors (Lipinski definition) is 2. The van der Waals surface area contributed by atoms with Gasteiger partial charge in [-0.3, -0.25) is 0 Å². The Morgan fingerprint density at radius 2 is 2.07 bits per heavy atom. The molecule has 0 bridgehead atoms. The molecule has 0 aliphatic carbocycles. The second-order valence-electron chi connectivity index (χ2n) is 3.98. The third-order valence-corrected chi connectivity index (χ3v) is 2.75. The van der Waals surface area contributed by atoms with Gasteiger partial charge >= 0.3 is 0 Å². The molecule has 1 aliphatic rings.